The zero-order valence-corrected chi connectivity index (χ0v) is 11.8. The van der Waals surface area contributed by atoms with Crippen LogP contribution in [0.1, 0.15) is 24.0 Å². The zero-order valence-electron chi connectivity index (χ0n) is 11.8. The Morgan fingerprint density at radius 3 is 2.67 bits per heavy atom. The van der Waals surface area contributed by atoms with E-state index in [4.69, 9.17) is 0 Å². The van der Waals surface area contributed by atoms with E-state index in [2.05, 4.69) is 48.5 Å². The van der Waals surface area contributed by atoms with Crippen LogP contribution in [0.3, 0.4) is 0 Å². The molecule has 1 aromatic carbocycles. The van der Waals surface area contributed by atoms with Crippen LogP contribution in [0.5, 0.6) is 0 Å². The summed E-state index contributed by atoms with van der Waals surface area (Å²) in [6, 6.07) is 8.70. The van der Waals surface area contributed by atoms with E-state index in [-0.39, 0.29) is 0 Å². The highest BCUT2D eigenvalue weighted by molar-refractivity contribution is 5.25. The molecule has 0 radical (unpaired) electrons. The minimum atomic E-state index is 0.887. The third-order valence-corrected chi connectivity index (χ3v) is 4.10. The van der Waals surface area contributed by atoms with Gasteiger partial charge >= 0.3 is 0 Å². The van der Waals surface area contributed by atoms with E-state index >= 15 is 0 Å². The molecule has 0 saturated carbocycles. The lowest BCUT2D eigenvalue weighted by molar-refractivity contribution is 0.216. The fourth-order valence-corrected chi connectivity index (χ4v) is 2.69. The quantitative estimate of drug-likeness (QED) is 0.803. The van der Waals surface area contributed by atoms with Crippen molar-refractivity contribution in [3.63, 3.8) is 0 Å². The average molecular weight is 246 g/mol. The summed E-state index contributed by atoms with van der Waals surface area (Å²) in [7, 11) is 2.22. The van der Waals surface area contributed by atoms with Crippen molar-refractivity contribution in [1.29, 1.82) is 0 Å². The summed E-state index contributed by atoms with van der Waals surface area (Å²) < 4.78 is 0. The van der Waals surface area contributed by atoms with E-state index in [1.165, 1.54) is 43.6 Å². The Morgan fingerprint density at radius 1 is 1.22 bits per heavy atom. The molecule has 0 unspecified atom stereocenters. The van der Waals surface area contributed by atoms with Gasteiger partial charge in [-0.05, 0) is 76.5 Å². The number of hydrogen-bond acceptors (Lipinski definition) is 2. The van der Waals surface area contributed by atoms with Crippen molar-refractivity contribution in [1.82, 2.24) is 10.2 Å². The number of piperidine rings is 1. The van der Waals surface area contributed by atoms with Crippen LogP contribution in [0.15, 0.2) is 24.3 Å². The van der Waals surface area contributed by atoms with Gasteiger partial charge in [0.1, 0.15) is 0 Å². The summed E-state index contributed by atoms with van der Waals surface area (Å²) >= 11 is 0. The van der Waals surface area contributed by atoms with Crippen molar-refractivity contribution in [3.8, 4) is 0 Å². The summed E-state index contributed by atoms with van der Waals surface area (Å²) in [5.74, 6) is 0.887. The molecule has 0 atom stereocenters. The lowest BCUT2D eigenvalue weighted by atomic mass is 9.97. The second kappa shape index (κ2) is 6.91. The molecule has 0 bridgehead atoms. The Morgan fingerprint density at radius 2 is 1.94 bits per heavy atom. The van der Waals surface area contributed by atoms with Crippen LogP contribution in [0, 0.1) is 12.8 Å². The minimum absolute atomic E-state index is 0.887. The fourth-order valence-electron chi connectivity index (χ4n) is 2.69. The average Bonchev–Trinajstić information content (AvgIpc) is 2.39. The van der Waals surface area contributed by atoms with Crippen molar-refractivity contribution in [2.24, 2.45) is 5.92 Å². The Bertz CT molecular complexity index is 354. The molecule has 1 heterocycles. The molecule has 2 heteroatoms. The third kappa shape index (κ3) is 4.11. The Labute approximate surface area is 111 Å². The molecular weight excluding hydrogens is 220 g/mol. The topological polar surface area (TPSA) is 15.3 Å². The van der Waals surface area contributed by atoms with Gasteiger partial charge < -0.3 is 10.2 Å². The van der Waals surface area contributed by atoms with Crippen molar-refractivity contribution in [3.05, 3.63) is 35.4 Å². The standard InChI is InChI=1S/C16H26N2/c1-14-5-3-4-6-16(14)7-10-17-13-15-8-11-18(2)12-9-15/h3-6,15,17H,7-13H2,1-2H3. The molecule has 2 nitrogen and oxygen atoms in total. The van der Waals surface area contributed by atoms with Crippen LogP contribution in [-0.2, 0) is 6.42 Å². The first-order valence-electron chi connectivity index (χ1n) is 7.19. The van der Waals surface area contributed by atoms with Crippen LogP contribution in [-0.4, -0.2) is 38.1 Å². The van der Waals surface area contributed by atoms with Gasteiger partial charge in [-0.25, -0.2) is 0 Å². The lowest BCUT2D eigenvalue weighted by Crippen LogP contribution is -2.35. The monoisotopic (exact) mass is 246 g/mol. The highest BCUT2D eigenvalue weighted by Crippen LogP contribution is 2.14. The normalized spacial score (nSPS) is 18.1. The Hall–Kier alpha value is -0.860. The maximum absolute atomic E-state index is 3.63. The van der Waals surface area contributed by atoms with E-state index in [1.807, 2.05) is 0 Å². The Kier molecular flexibility index (Phi) is 5.21. The van der Waals surface area contributed by atoms with Gasteiger partial charge in [0, 0.05) is 0 Å². The largest absolute Gasteiger partial charge is 0.316 e. The smallest absolute Gasteiger partial charge is 0.000814 e. The molecule has 1 aliphatic rings. The molecule has 100 valence electrons. The predicted molar refractivity (Wildman–Crippen MR) is 78.0 cm³/mol. The number of aryl methyl sites for hydroxylation is 1. The summed E-state index contributed by atoms with van der Waals surface area (Å²) in [5, 5.41) is 3.63. The number of nitrogens with zero attached hydrogens (tertiary/aromatic N) is 1. The number of benzene rings is 1. The van der Waals surface area contributed by atoms with E-state index < -0.39 is 0 Å². The highest BCUT2D eigenvalue weighted by atomic mass is 15.1. The SMILES string of the molecule is Cc1ccccc1CCNCC1CCN(C)CC1. The van der Waals surface area contributed by atoms with Crippen LogP contribution < -0.4 is 5.32 Å². The van der Waals surface area contributed by atoms with E-state index in [1.54, 1.807) is 0 Å². The van der Waals surface area contributed by atoms with Crippen LogP contribution in [0.4, 0.5) is 0 Å². The molecule has 0 spiro atoms. The maximum Gasteiger partial charge on any atom is -0.000814 e. The number of nitrogens with one attached hydrogen (secondary N) is 1. The molecule has 1 fully saturated rings. The number of likely N-dealkylation sites (tertiary alicyclic amines) is 1. The molecule has 0 aliphatic carbocycles. The highest BCUT2D eigenvalue weighted by Gasteiger charge is 2.15. The molecule has 0 amide bonds. The molecular formula is C16H26N2. The maximum atomic E-state index is 3.63. The molecule has 0 aromatic heterocycles. The van der Waals surface area contributed by atoms with Crippen LogP contribution in [0.2, 0.25) is 0 Å². The Balaban J connectivity index is 1.63. The van der Waals surface area contributed by atoms with E-state index in [0.29, 0.717) is 0 Å². The second-order valence-corrected chi connectivity index (χ2v) is 5.63. The van der Waals surface area contributed by atoms with Crippen molar-refractivity contribution >= 4 is 0 Å². The first-order valence-corrected chi connectivity index (χ1v) is 7.19. The molecule has 1 aromatic rings. The summed E-state index contributed by atoms with van der Waals surface area (Å²) in [6.07, 6.45) is 3.86. The summed E-state index contributed by atoms with van der Waals surface area (Å²) in [4.78, 5) is 2.43. The second-order valence-electron chi connectivity index (χ2n) is 5.63. The minimum Gasteiger partial charge on any atom is -0.316 e. The van der Waals surface area contributed by atoms with Gasteiger partial charge in [0.2, 0.25) is 0 Å². The van der Waals surface area contributed by atoms with Gasteiger partial charge in [-0.15, -0.1) is 0 Å². The fraction of sp³-hybridized carbons (Fsp3) is 0.625. The molecule has 2 rings (SSSR count). The van der Waals surface area contributed by atoms with Crippen molar-refractivity contribution in [2.45, 2.75) is 26.2 Å². The molecule has 1 N–H and O–H groups in total. The van der Waals surface area contributed by atoms with Crippen LogP contribution >= 0.6 is 0 Å². The third-order valence-electron chi connectivity index (χ3n) is 4.10. The van der Waals surface area contributed by atoms with Gasteiger partial charge in [0.05, 0.1) is 0 Å². The first kappa shape index (κ1) is 13.6. The van der Waals surface area contributed by atoms with Crippen molar-refractivity contribution in [2.75, 3.05) is 33.2 Å². The summed E-state index contributed by atoms with van der Waals surface area (Å²) in [6.45, 7) is 7.04. The van der Waals surface area contributed by atoms with E-state index in [0.717, 1.165) is 18.9 Å². The van der Waals surface area contributed by atoms with E-state index in [9.17, 15) is 0 Å². The number of hydrogen-bond donors (Lipinski definition) is 1. The van der Waals surface area contributed by atoms with Crippen molar-refractivity contribution < 1.29 is 0 Å². The van der Waals surface area contributed by atoms with Crippen LogP contribution in [0.25, 0.3) is 0 Å². The lowest BCUT2D eigenvalue weighted by Gasteiger charge is -2.29. The predicted octanol–water partition coefficient (Wildman–Crippen LogP) is 2.47. The van der Waals surface area contributed by atoms with Gasteiger partial charge in [0.25, 0.3) is 0 Å². The zero-order chi connectivity index (χ0) is 12.8. The summed E-state index contributed by atoms with van der Waals surface area (Å²) in [5.41, 5.74) is 2.90. The molecule has 1 saturated heterocycles. The van der Waals surface area contributed by atoms with Gasteiger partial charge in [-0.2, -0.15) is 0 Å². The first-order chi connectivity index (χ1) is 8.75. The van der Waals surface area contributed by atoms with Gasteiger partial charge in [0.15, 0.2) is 0 Å². The molecule has 18 heavy (non-hydrogen) atoms. The number of rotatable bonds is 5. The molecule has 1 aliphatic heterocycles. The van der Waals surface area contributed by atoms with Gasteiger partial charge in [-0.3, -0.25) is 0 Å². The van der Waals surface area contributed by atoms with Gasteiger partial charge in [-0.1, -0.05) is 24.3 Å².